The van der Waals surface area contributed by atoms with Crippen LogP contribution in [-0.4, -0.2) is 35.2 Å². The van der Waals surface area contributed by atoms with Gasteiger partial charge in [-0.2, -0.15) is 0 Å². The SMILES string of the molecule is O=C(NCC(=O)N(Cc1ccc(F)cc1)[C@@H](C(=O)NC1CCCC1)c1ccc(F)cc1)c1ccco1. The van der Waals surface area contributed by atoms with Crippen LogP contribution in [0.25, 0.3) is 0 Å². The minimum absolute atomic E-state index is 0.0122. The number of amides is 3. The number of hydrogen-bond acceptors (Lipinski definition) is 4. The lowest BCUT2D eigenvalue weighted by atomic mass is 10.0. The minimum Gasteiger partial charge on any atom is -0.459 e. The average Bonchev–Trinajstić information content (AvgIpc) is 3.59. The maximum absolute atomic E-state index is 13.7. The molecular weight excluding hydrogens is 468 g/mol. The number of nitrogens with zero attached hydrogens (tertiary/aromatic N) is 1. The first-order valence-electron chi connectivity index (χ1n) is 11.8. The van der Waals surface area contributed by atoms with Crippen LogP contribution in [0, 0.1) is 11.6 Å². The molecule has 1 atom stereocenters. The van der Waals surface area contributed by atoms with E-state index in [0.29, 0.717) is 11.1 Å². The lowest BCUT2D eigenvalue weighted by molar-refractivity contribution is -0.141. The molecule has 0 spiro atoms. The van der Waals surface area contributed by atoms with Gasteiger partial charge >= 0.3 is 0 Å². The van der Waals surface area contributed by atoms with Crippen LogP contribution in [0.2, 0.25) is 0 Å². The van der Waals surface area contributed by atoms with Gasteiger partial charge in [-0.05, 0) is 60.4 Å². The van der Waals surface area contributed by atoms with Gasteiger partial charge in [-0.15, -0.1) is 0 Å². The van der Waals surface area contributed by atoms with Gasteiger partial charge in [0.05, 0.1) is 12.8 Å². The summed E-state index contributed by atoms with van der Waals surface area (Å²) in [4.78, 5) is 40.6. The van der Waals surface area contributed by atoms with Crippen molar-refractivity contribution in [2.45, 2.75) is 44.3 Å². The van der Waals surface area contributed by atoms with Crippen LogP contribution in [0.15, 0.2) is 71.3 Å². The smallest absolute Gasteiger partial charge is 0.287 e. The highest BCUT2D eigenvalue weighted by Crippen LogP contribution is 2.26. The van der Waals surface area contributed by atoms with Gasteiger partial charge in [0, 0.05) is 12.6 Å². The van der Waals surface area contributed by atoms with Crippen molar-refractivity contribution >= 4 is 17.7 Å². The Morgan fingerprint density at radius 2 is 1.58 bits per heavy atom. The third kappa shape index (κ3) is 6.35. The van der Waals surface area contributed by atoms with E-state index in [-0.39, 0.29) is 18.3 Å². The molecule has 0 unspecified atom stereocenters. The number of benzene rings is 2. The second-order valence-electron chi connectivity index (χ2n) is 8.75. The van der Waals surface area contributed by atoms with Crippen LogP contribution in [-0.2, 0) is 16.1 Å². The Bertz CT molecular complexity index is 1170. The number of nitrogens with one attached hydrogen (secondary N) is 2. The monoisotopic (exact) mass is 495 g/mol. The van der Waals surface area contributed by atoms with Crippen LogP contribution < -0.4 is 10.6 Å². The number of furan rings is 1. The van der Waals surface area contributed by atoms with E-state index in [1.807, 2.05) is 0 Å². The highest BCUT2D eigenvalue weighted by Gasteiger charge is 2.33. The summed E-state index contributed by atoms with van der Waals surface area (Å²) in [5.41, 5.74) is 1.00. The van der Waals surface area contributed by atoms with E-state index < -0.39 is 41.9 Å². The number of rotatable bonds is 9. The lowest BCUT2D eigenvalue weighted by Gasteiger charge is -2.32. The Kier molecular flexibility index (Phi) is 8.10. The molecule has 7 nitrogen and oxygen atoms in total. The topological polar surface area (TPSA) is 91.7 Å². The molecule has 3 amide bonds. The molecule has 4 rings (SSSR count). The number of carbonyl (C=O) groups is 3. The molecule has 2 aromatic carbocycles. The summed E-state index contributed by atoms with van der Waals surface area (Å²) in [5.74, 6) is -2.39. The van der Waals surface area contributed by atoms with E-state index in [9.17, 15) is 23.2 Å². The van der Waals surface area contributed by atoms with Gasteiger partial charge in [-0.3, -0.25) is 14.4 Å². The number of hydrogen-bond donors (Lipinski definition) is 2. The van der Waals surface area contributed by atoms with Crippen molar-refractivity contribution in [2.24, 2.45) is 0 Å². The third-order valence-corrected chi connectivity index (χ3v) is 6.18. The first-order valence-corrected chi connectivity index (χ1v) is 11.8. The van der Waals surface area contributed by atoms with E-state index in [4.69, 9.17) is 4.42 Å². The van der Waals surface area contributed by atoms with Gasteiger partial charge in [0.2, 0.25) is 11.8 Å². The Labute approximate surface area is 207 Å². The highest BCUT2D eigenvalue weighted by atomic mass is 19.1. The van der Waals surface area contributed by atoms with Crippen molar-refractivity contribution in [3.63, 3.8) is 0 Å². The van der Waals surface area contributed by atoms with Gasteiger partial charge < -0.3 is 20.0 Å². The van der Waals surface area contributed by atoms with Crippen molar-refractivity contribution in [1.82, 2.24) is 15.5 Å². The molecule has 2 N–H and O–H groups in total. The summed E-state index contributed by atoms with van der Waals surface area (Å²) in [6, 6.07) is 12.9. The Hall–Kier alpha value is -4.01. The summed E-state index contributed by atoms with van der Waals surface area (Å²) >= 11 is 0. The third-order valence-electron chi connectivity index (χ3n) is 6.18. The van der Waals surface area contributed by atoms with Crippen LogP contribution in [0.3, 0.4) is 0 Å². The summed E-state index contributed by atoms with van der Waals surface area (Å²) < 4.78 is 32.3. The van der Waals surface area contributed by atoms with Gasteiger partial charge in [0.25, 0.3) is 5.91 Å². The Balaban J connectivity index is 1.63. The zero-order valence-corrected chi connectivity index (χ0v) is 19.6. The molecule has 1 aromatic heterocycles. The first kappa shape index (κ1) is 25.1. The van der Waals surface area contributed by atoms with E-state index in [1.165, 1.54) is 65.8 Å². The summed E-state index contributed by atoms with van der Waals surface area (Å²) in [7, 11) is 0. The van der Waals surface area contributed by atoms with Gasteiger partial charge in [0.1, 0.15) is 17.7 Å². The predicted octanol–water partition coefficient (Wildman–Crippen LogP) is 4.12. The zero-order chi connectivity index (χ0) is 25.5. The predicted molar refractivity (Wildman–Crippen MR) is 128 cm³/mol. The molecule has 9 heteroatoms. The van der Waals surface area contributed by atoms with Crippen LogP contribution >= 0.6 is 0 Å². The van der Waals surface area contributed by atoms with E-state index in [2.05, 4.69) is 10.6 Å². The summed E-state index contributed by atoms with van der Waals surface area (Å²) in [6.45, 7) is -0.439. The maximum atomic E-state index is 13.7. The lowest BCUT2D eigenvalue weighted by Crippen LogP contribution is -2.48. The molecule has 0 aliphatic heterocycles. The average molecular weight is 496 g/mol. The van der Waals surface area contributed by atoms with Gasteiger partial charge in [0.15, 0.2) is 5.76 Å². The Morgan fingerprint density at radius 1 is 0.944 bits per heavy atom. The fourth-order valence-electron chi connectivity index (χ4n) is 4.33. The molecule has 36 heavy (non-hydrogen) atoms. The van der Waals surface area contributed by atoms with E-state index >= 15 is 0 Å². The summed E-state index contributed by atoms with van der Waals surface area (Å²) in [5, 5.41) is 5.53. The van der Waals surface area contributed by atoms with Crippen molar-refractivity contribution < 1.29 is 27.6 Å². The molecule has 0 saturated heterocycles. The van der Waals surface area contributed by atoms with Gasteiger partial charge in [-0.1, -0.05) is 37.1 Å². The standard InChI is InChI=1S/C27H27F2N3O4/c28-20-11-7-18(8-12-20)17-32(24(33)16-30-26(34)23-6-3-15-36-23)25(19-9-13-21(29)14-10-19)27(35)31-22-4-1-2-5-22/h3,6-15,22,25H,1-2,4-5,16-17H2,(H,30,34)(H,31,35)/t25-/m1/s1. The second kappa shape index (κ2) is 11.6. The van der Waals surface area contributed by atoms with Crippen LogP contribution in [0.4, 0.5) is 8.78 Å². The number of halogens is 2. The zero-order valence-electron chi connectivity index (χ0n) is 19.6. The molecule has 0 radical (unpaired) electrons. The fraction of sp³-hybridized carbons (Fsp3) is 0.296. The maximum Gasteiger partial charge on any atom is 0.287 e. The van der Waals surface area contributed by atoms with Crippen molar-refractivity contribution in [3.8, 4) is 0 Å². The molecule has 1 aliphatic rings. The fourth-order valence-corrected chi connectivity index (χ4v) is 4.33. The van der Waals surface area contributed by atoms with E-state index in [1.54, 1.807) is 6.07 Å². The van der Waals surface area contributed by atoms with Crippen molar-refractivity contribution in [3.05, 3.63) is 95.4 Å². The normalized spacial score (nSPS) is 14.3. The molecule has 188 valence electrons. The van der Waals surface area contributed by atoms with Gasteiger partial charge in [-0.25, -0.2) is 8.78 Å². The minimum atomic E-state index is -1.09. The highest BCUT2D eigenvalue weighted by molar-refractivity contribution is 5.95. The van der Waals surface area contributed by atoms with E-state index in [0.717, 1.165) is 25.7 Å². The number of carbonyl (C=O) groups excluding carboxylic acids is 3. The van der Waals surface area contributed by atoms with Crippen LogP contribution in [0.5, 0.6) is 0 Å². The van der Waals surface area contributed by atoms with Crippen molar-refractivity contribution in [2.75, 3.05) is 6.54 Å². The molecule has 1 aliphatic carbocycles. The second-order valence-corrected chi connectivity index (χ2v) is 8.75. The molecule has 1 heterocycles. The summed E-state index contributed by atoms with van der Waals surface area (Å²) in [6.07, 6.45) is 5.03. The molecule has 1 saturated carbocycles. The largest absolute Gasteiger partial charge is 0.459 e. The van der Waals surface area contributed by atoms with Crippen molar-refractivity contribution in [1.29, 1.82) is 0 Å². The Morgan fingerprint density at radius 3 is 2.19 bits per heavy atom. The molecular formula is C27H27F2N3O4. The molecule has 3 aromatic rings. The molecule has 1 fully saturated rings. The molecule has 0 bridgehead atoms. The quantitative estimate of drug-likeness (QED) is 0.467. The van der Waals surface area contributed by atoms with Crippen LogP contribution in [0.1, 0.15) is 53.4 Å². The first-order chi connectivity index (χ1) is 17.4.